The number of rotatable bonds is 3. The third kappa shape index (κ3) is 2.52. The molecule has 0 atom stereocenters. The van der Waals surface area contributed by atoms with E-state index in [0.29, 0.717) is 5.56 Å². The third-order valence-corrected chi connectivity index (χ3v) is 4.51. The fourth-order valence-electron chi connectivity index (χ4n) is 1.52. The van der Waals surface area contributed by atoms with E-state index in [1.165, 1.54) is 17.4 Å². The van der Waals surface area contributed by atoms with E-state index >= 15 is 0 Å². The van der Waals surface area contributed by atoms with Gasteiger partial charge in [0.05, 0.1) is 4.90 Å². The zero-order chi connectivity index (χ0) is 13.2. The third-order valence-electron chi connectivity index (χ3n) is 2.20. The Labute approximate surface area is 108 Å². The molecule has 0 aliphatic carbocycles. The monoisotopic (exact) mass is 282 g/mol. The summed E-state index contributed by atoms with van der Waals surface area (Å²) in [5.74, 6) is 0. The van der Waals surface area contributed by atoms with Crippen LogP contribution in [0.4, 0.5) is 4.79 Å². The summed E-state index contributed by atoms with van der Waals surface area (Å²) in [4.78, 5) is 11.6. The molecule has 0 saturated heterocycles. The summed E-state index contributed by atoms with van der Waals surface area (Å²) < 4.78 is 25.7. The molecule has 3 N–H and O–H groups in total. The van der Waals surface area contributed by atoms with Crippen LogP contribution in [0.25, 0.3) is 10.4 Å². The smallest absolute Gasteiger partial charge is 0.326 e. The highest BCUT2D eigenvalue weighted by Gasteiger charge is 2.20. The molecule has 1 heterocycles. The van der Waals surface area contributed by atoms with Gasteiger partial charge in [0, 0.05) is 10.4 Å². The second kappa shape index (κ2) is 4.79. The fraction of sp³-hybridized carbons (Fsp3) is 0. The number of primary amides is 1. The summed E-state index contributed by atoms with van der Waals surface area (Å²) >= 11 is 1.42. The number of urea groups is 1. The molecule has 7 heteroatoms. The second-order valence-electron chi connectivity index (χ2n) is 3.44. The van der Waals surface area contributed by atoms with Crippen molar-refractivity contribution < 1.29 is 13.2 Å². The summed E-state index contributed by atoms with van der Waals surface area (Å²) in [5, 5.41) is 1.85. The van der Waals surface area contributed by atoms with Crippen LogP contribution in [-0.4, -0.2) is 14.4 Å². The number of thiophene rings is 1. The van der Waals surface area contributed by atoms with E-state index in [9.17, 15) is 13.2 Å². The average Bonchev–Trinajstić information content (AvgIpc) is 2.80. The Morgan fingerprint density at radius 1 is 1.17 bits per heavy atom. The van der Waals surface area contributed by atoms with Crippen molar-refractivity contribution in [1.82, 2.24) is 4.72 Å². The van der Waals surface area contributed by atoms with Crippen LogP contribution in [0, 0.1) is 0 Å². The van der Waals surface area contributed by atoms with Crippen LogP contribution in [0.5, 0.6) is 0 Å². The first-order chi connectivity index (χ1) is 8.50. The van der Waals surface area contributed by atoms with Crippen LogP contribution >= 0.6 is 11.3 Å². The highest BCUT2D eigenvalue weighted by atomic mass is 32.2. The van der Waals surface area contributed by atoms with E-state index in [-0.39, 0.29) is 4.90 Å². The Hall–Kier alpha value is -1.86. The maximum absolute atomic E-state index is 12.0. The second-order valence-corrected chi connectivity index (χ2v) is 6.04. The first-order valence-corrected chi connectivity index (χ1v) is 7.32. The molecule has 2 aromatic rings. The summed E-state index contributed by atoms with van der Waals surface area (Å²) in [7, 11) is -3.93. The van der Waals surface area contributed by atoms with Crippen LogP contribution < -0.4 is 10.5 Å². The first-order valence-electron chi connectivity index (χ1n) is 4.96. The van der Waals surface area contributed by atoms with Gasteiger partial charge in [-0.15, -0.1) is 11.3 Å². The van der Waals surface area contributed by atoms with Crippen molar-refractivity contribution in [3.63, 3.8) is 0 Å². The number of carbonyl (C=O) groups excluding carboxylic acids is 1. The summed E-state index contributed by atoms with van der Waals surface area (Å²) in [6.45, 7) is 0. The van der Waals surface area contributed by atoms with Crippen LogP contribution in [0.3, 0.4) is 0 Å². The summed E-state index contributed by atoms with van der Waals surface area (Å²) in [5.41, 5.74) is 5.40. The van der Waals surface area contributed by atoms with Crippen molar-refractivity contribution in [3.05, 3.63) is 41.8 Å². The van der Waals surface area contributed by atoms with E-state index in [0.717, 1.165) is 4.88 Å². The molecule has 18 heavy (non-hydrogen) atoms. The highest BCUT2D eigenvalue weighted by molar-refractivity contribution is 7.90. The number of carbonyl (C=O) groups is 1. The van der Waals surface area contributed by atoms with Crippen molar-refractivity contribution in [2.24, 2.45) is 5.73 Å². The molecule has 2 amide bonds. The van der Waals surface area contributed by atoms with Gasteiger partial charge in [-0.05, 0) is 17.5 Å². The van der Waals surface area contributed by atoms with Gasteiger partial charge in [0.1, 0.15) is 0 Å². The minimum Gasteiger partial charge on any atom is -0.351 e. The lowest BCUT2D eigenvalue weighted by atomic mass is 10.2. The largest absolute Gasteiger partial charge is 0.351 e. The standard InChI is InChI=1S/C11H10N2O3S2/c12-11(14)13-18(15,16)10-6-2-1-4-8(10)9-5-3-7-17-9/h1-7H,(H3,12,13,14). The van der Waals surface area contributed by atoms with Crippen molar-refractivity contribution in [3.8, 4) is 10.4 Å². The molecule has 0 aliphatic rings. The molecule has 2 rings (SSSR count). The Morgan fingerprint density at radius 3 is 2.50 bits per heavy atom. The molecular weight excluding hydrogens is 272 g/mol. The van der Waals surface area contributed by atoms with Crippen LogP contribution in [-0.2, 0) is 10.0 Å². The Balaban J connectivity index is 2.56. The molecule has 5 nitrogen and oxygen atoms in total. The minimum absolute atomic E-state index is 0.0336. The average molecular weight is 282 g/mol. The van der Waals surface area contributed by atoms with E-state index in [2.05, 4.69) is 0 Å². The molecule has 0 saturated carbocycles. The lowest BCUT2D eigenvalue weighted by Crippen LogP contribution is -2.35. The van der Waals surface area contributed by atoms with Crippen molar-refractivity contribution in [1.29, 1.82) is 0 Å². The van der Waals surface area contributed by atoms with Gasteiger partial charge in [0.15, 0.2) is 0 Å². The molecule has 0 unspecified atom stereocenters. The molecule has 94 valence electrons. The van der Waals surface area contributed by atoms with Crippen LogP contribution in [0.15, 0.2) is 46.7 Å². The van der Waals surface area contributed by atoms with E-state index in [1.54, 1.807) is 22.9 Å². The van der Waals surface area contributed by atoms with Crippen molar-refractivity contribution in [2.75, 3.05) is 0 Å². The van der Waals surface area contributed by atoms with Crippen LogP contribution in [0.1, 0.15) is 0 Å². The molecule has 1 aromatic heterocycles. The molecule has 1 aromatic carbocycles. The lowest BCUT2D eigenvalue weighted by Gasteiger charge is -2.08. The van der Waals surface area contributed by atoms with Crippen molar-refractivity contribution >= 4 is 27.4 Å². The van der Waals surface area contributed by atoms with Gasteiger partial charge >= 0.3 is 6.03 Å². The van der Waals surface area contributed by atoms with Gasteiger partial charge in [0.2, 0.25) is 0 Å². The maximum Gasteiger partial charge on any atom is 0.326 e. The van der Waals surface area contributed by atoms with Gasteiger partial charge in [-0.2, -0.15) is 0 Å². The number of nitrogens with two attached hydrogens (primary N) is 1. The topological polar surface area (TPSA) is 89.3 Å². The highest BCUT2D eigenvalue weighted by Crippen LogP contribution is 2.30. The van der Waals surface area contributed by atoms with Crippen molar-refractivity contribution in [2.45, 2.75) is 4.90 Å². The number of nitrogens with one attached hydrogen (secondary N) is 1. The first kappa shape index (κ1) is 12.6. The van der Waals surface area contributed by atoms with Gasteiger partial charge < -0.3 is 5.73 Å². The van der Waals surface area contributed by atoms with Gasteiger partial charge in [-0.25, -0.2) is 17.9 Å². The van der Waals surface area contributed by atoms with E-state index < -0.39 is 16.1 Å². The Morgan fingerprint density at radius 2 is 1.89 bits per heavy atom. The number of hydrogen-bond acceptors (Lipinski definition) is 4. The number of sulfonamides is 1. The van der Waals surface area contributed by atoms with E-state index in [4.69, 9.17) is 5.73 Å². The molecule has 0 radical (unpaired) electrons. The molecule has 0 fully saturated rings. The predicted molar refractivity (Wildman–Crippen MR) is 69.7 cm³/mol. The SMILES string of the molecule is NC(=O)NS(=O)(=O)c1ccccc1-c1cccs1. The Kier molecular flexibility index (Phi) is 3.35. The zero-order valence-electron chi connectivity index (χ0n) is 9.16. The maximum atomic E-state index is 12.0. The predicted octanol–water partition coefficient (Wildman–Crippen LogP) is 1.77. The fourth-order valence-corrected chi connectivity index (χ4v) is 3.45. The normalized spacial score (nSPS) is 11.1. The summed E-state index contributed by atoms with van der Waals surface area (Å²) in [6, 6.07) is 8.97. The molecule has 0 aliphatic heterocycles. The molecular formula is C11H10N2O3S2. The van der Waals surface area contributed by atoms with Crippen LogP contribution in [0.2, 0.25) is 0 Å². The number of hydrogen-bond donors (Lipinski definition) is 2. The quantitative estimate of drug-likeness (QED) is 0.899. The molecule has 0 bridgehead atoms. The lowest BCUT2D eigenvalue weighted by molar-refractivity contribution is 0.253. The molecule has 0 spiro atoms. The van der Waals surface area contributed by atoms with Gasteiger partial charge in [0.25, 0.3) is 10.0 Å². The zero-order valence-corrected chi connectivity index (χ0v) is 10.8. The van der Waals surface area contributed by atoms with Gasteiger partial charge in [-0.1, -0.05) is 24.3 Å². The van der Waals surface area contributed by atoms with Gasteiger partial charge in [-0.3, -0.25) is 0 Å². The number of benzene rings is 1. The Bertz CT molecular complexity index is 663. The summed E-state index contributed by atoms with van der Waals surface area (Å²) in [6.07, 6.45) is 0. The number of amides is 2. The minimum atomic E-state index is -3.93. The van der Waals surface area contributed by atoms with E-state index in [1.807, 2.05) is 17.5 Å².